The summed E-state index contributed by atoms with van der Waals surface area (Å²) in [5.41, 5.74) is 2.13. The molecule has 19 heavy (non-hydrogen) atoms. The Balaban J connectivity index is 2.25. The number of rotatable bonds is 4. The first-order valence-corrected chi connectivity index (χ1v) is 8.24. The summed E-state index contributed by atoms with van der Waals surface area (Å²) in [6.07, 6.45) is 0. The quantitative estimate of drug-likeness (QED) is 0.868. The summed E-state index contributed by atoms with van der Waals surface area (Å²) >= 11 is 1.31. The molecule has 0 aliphatic rings. The normalized spacial score (nSPS) is 12.0. The largest absolute Gasteiger partial charge is 0.252 e. The molecule has 0 atom stereocenters. The van der Waals surface area contributed by atoms with E-state index in [0.29, 0.717) is 10.8 Å². The lowest BCUT2D eigenvalue weighted by Crippen LogP contribution is -2.26. The number of thiophene rings is 1. The summed E-state index contributed by atoms with van der Waals surface area (Å²) < 4.78 is 26.6. The lowest BCUT2D eigenvalue weighted by atomic mass is 10.1. The zero-order valence-electron chi connectivity index (χ0n) is 11.3. The Labute approximate surface area is 118 Å². The Morgan fingerprint density at radius 3 is 2.37 bits per heavy atom. The van der Waals surface area contributed by atoms with Gasteiger partial charge in [-0.2, -0.15) is 4.31 Å². The SMILES string of the molecule is Cc1ccc(S(=O)(=O)N(C)Cc2ccccc2C)s1. The maximum atomic E-state index is 12.4. The van der Waals surface area contributed by atoms with Crippen molar-refractivity contribution in [1.82, 2.24) is 4.31 Å². The molecule has 2 aromatic rings. The van der Waals surface area contributed by atoms with Crippen molar-refractivity contribution in [3.63, 3.8) is 0 Å². The molecule has 1 aromatic carbocycles. The van der Waals surface area contributed by atoms with Crippen LogP contribution < -0.4 is 0 Å². The van der Waals surface area contributed by atoms with Crippen molar-refractivity contribution < 1.29 is 8.42 Å². The summed E-state index contributed by atoms with van der Waals surface area (Å²) in [7, 11) is -1.76. The highest BCUT2D eigenvalue weighted by atomic mass is 32.2. The second-order valence-corrected chi connectivity index (χ2v) is 8.11. The van der Waals surface area contributed by atoms with E-state index in [1.165, 1.54) is 15.6 Å². The summed E-state index contributed by atoms with van der Waals surface area (Å²) in [6.45, 7) is 4.29. The fourth-order valence-corrected chi connectivity index (χ4v) is 4.46. The molecular weight excluding hydrogens is 278 g/mol. The Kier molecular flexibility index (Phi) is 4.08. The number of nitrogens with zero attached hydrogens (tertiary/aromatic N) is 1. The first-order valence-electron chi connectivity index (χ1n) is 5.98. The molecule has 0 bridgehead atoms. The van der Waals surface area contributed by atoms with Gasteiger partial charge in [-0.05, 0) is 37.1 Å². The van der Waals surface area contributed by atoms with E-state index in [1.54, 1.807) is 13.1 Å². The van der Waals surface area contributed by atoms with Gasteiger partial charge in [0.05, 0.1) is 0 Å². The molecule has 0 aliphatic heterocycles. The first-order chi connectivity index (χ1) is 8.91. The van der Waals surface area contributed by atoms with Crippen LogP contribution in [-0.2, 0) is 16.6 Å². The highest BCUT2D eigenvalue weighted by molar-refractivity contribution is 7.91. The molecule has 5 heteroatoms. The first kappa shape index (κ1) is 14.2. The molecule has 0 saturated carbocycles. The van der Waals surface area contributed by atoms with E-state index in [2.05, 4.69) is 0 Å². The summed E-state index contributed by atoms with van der Waals surface area (Å²) in [5, 5.41) is 0. The number of benzene rings is 1. The van der Waals surface area contributed by atoms with Gasteiger partial charge in [0.1, 0.15) is 4.21 Å². The molecule has 0 amide bonds. The molecule has 3 nitrogen and oxygen atoms in total. The molecule has 1 heterocycles. The Bertz CT molecular complexity index is 674. The number of sulfonamides is 1. The minimum atomic E-state index is -3.38. The minimum absolute atomic E-state index is 0.395. The van der Waals surface area contributed by atoms with Gasteiger partial charge in [0.2, 0.25) is 0 Å². The highest BCUT2D eigenvalue weighted by Gasteiger charge is 2.22. The molecule has 0 N–H and O–H groups in total. The fourth-order valence-electron chi connectivity index (χ4n) is 1.82. The van der Waals surface area contributed by atoms with Gasteiger partial charge in [0.25, 0.3) is 10.0 Å². The minimum Gasteiger partial charge on any atom is -0.206 e. The molecule has 0 saturated heterocycles. The second-order valence-electron chi connectivity index (χ2n) is 4.55. The Morgan fingerprint density at radius 1 is 1.11 bits per heavy atom. The Morgan fingerprint density at radius 2 is 1.79 bits per heavy atom. The molecule has 102 valence electrons. The van der Waals surface area contributed by atoms with Crippen LogP contribution in [0.2, 0.25) is 0 Å². The van der Waals surface area contributed by atoms with Crippen LogP contribution in [0.25, 0.3) is 0 Å². The van der Waals surface area contributed by atoms with Crippen molar-refractivity contribution in [1.29, 1.82) is 0 Å². The monoisotopic (exact) mass is 295 g/mol. The number of hydrogen-bond donors (Lipinski definition) is 0. The standard InChI is InChI=1S/C14H17NO2S2/c1-11-6-4-5-7-13(11)10-15(3)19(16,17)14-9-8-12(2)18-14/h4-9H,10H2,1-3H3. The molecule has 1 aromatic heterocycles. The van der Waals surface area contributed by atoms with Crippen molar-refractivity contribution in [3.8, 4) is 0 Å². The van der Waals surface area contributed by atoms with Gasteiger partial charge in [0.15, 0.2) is 0 Å². The van der Waals surface area contributed by atoms with E-state index < -0.39 is 10.0 Å². The molecule has 0 unspecified atom stereocenters. The molecule has 0 radical (unpaired) electrons. The van der Waals surface area contributed by atoms with E-state index >= 15 is 0 Å². The molecule has 0 spiro atoms. The van der Waals surface area contributed by atoms with Gasteiger partial charge in [0, 0.05) is 18.5 Å². The molecule has 0 aliphatic carbocycles. The summed E-state index contributed by atoms with van der Waals surface area (Å²) in [6, 6.07) is 11.3. The number of aryl methyl sites for hydroxylation is 2. The van der Waals surface area contributed by atoms with Crippen molar-refractivity contribution in [2.45, 2.75) is 24.6 Å². The third-order valence-corrected chi connectivity index (χ3v) is 6.31. The Hall–Kier alpha value is -1.17. The van der Waals surface area contributed by atoms with Crippen LogP contribution in [0, 0.1) is 13.8 Å². The van der Waals surface area contributed by atoms with Gasteiger partial charge in [-0.25, -0.2) is 8.42 Å². The van der Waals surface area contributed by atoms with E-state index in [9.17, 15) is 8.42 Å². The summed E-state index contributed by atoms with van der Waals surface area (Å²) in [4.78, 5) is 1.00. The van der Waals surface area contributed by atoms with Crippen LogP contribution in [0.4, 0.5) is 0 Å². The van der Waals surface area contributed by atoms with Crippen LogP contribution >= 0.6 is 11.3 Å². The lowest BCUT2D eigenvalue weighted by Gasteiger charge is -2.17. The van der Waals surface area contributed by atoms with Crippen LogP contribution in [-0.4, -0.2) is 19.8 Å². The van der Waals surface area contributed by atoms with E-state index in [1.807, 2.05) is 44.2 Å². The summed E-state index contributed by atoms with van der Waals surface area (Å²) in [5.74, 6) is 0. The predicted octanol–water partition coefficient (Wildman–Crippen LogP) is 3.19. The molecular formula is C14H17NO2S2. The van der Waals surface area contributed by atoms with Gasteiger partial charge >= 0.3 is 0 Å². The van der Waals surface area contributed by atoms with Crippen molar-refractivity contribution in [2.75, 3.05) is 7.05 Å². The number of hydrogen-bond acceptors (Lipinski definition) is 3. The maximum absolute atomic E-state index is 12.4. The topological polar surface area (TPSA) is 37.4 Å². The third-order valence-electron chi connectivity index (χ3n) is 3.03. The third kappa shape index (κ3) is 3.05. The lowest BCUT2D eigenvalue weighted by molar-refractivity contribution is 0.467. The van der Waals surface area contributed by atoms with Gasteiger partial charge < -0.3 is 0 Å². The van der Waals surface area contributed by atoms with Crippen LogP contribution in [0.15, 0.2) is 40.6 Å². The van der Waals surface area contributed by atoms with Crippen molar-refractivity contribution >= 4 is 21.4 Å². The highest BCUT2D eigenvalue weighted by Crippen LogP contribution is 2.24. The molecule has 0 fully saturated rings. The maximum Gasteiger partial charge on any atom is 0.252 e. The van der Waals surface area contributed by atoms with Gasteiger partial charge in [-0.3, -0.25) is 0 Å². The fraction of sp³-hybridized carbons (Fsp3) is 0.286. The zero-order valence-corrected chi connectivity index (χ0v) is 12.9. The van der Waals surface area contributed by atoms with Crippen molar-refractivity contribution in [2.24, 2.45) is 0 Å². The second kappa shape index (κ2) is 5.45. The van der Waals surface area contributed by atoms with E-state index in [4.69, 9.17) is 0 Å². The average molecular weight is 295 g/mol. The van der Waals surface area contributed by atoms with Crippen LogP contribution in [0.3, 0.4) is 0 Å². The average Bonchev–Trinajstić information content (AvgIpc) is 2.79. The molecule has 2 rings (SSSR count). The van der Waals surface area contributed by atoms with E-state index in [-0.39, 0.29) is 0 Å². The van der Waals surface area contributed by atoms with Crippen LogP contribution in [0.5, 0.6) is 0 Å². The smallest absolute Gasteiger partial charge is 0.206 e. The van der Waals surface area contributed by atoms with Gasteiger partial charge in [-0.1, -0.05) is 24.3 Å². The predicted molar refractivity (Wildman–Crippen MR) is 78.9 cm³/mol. The zero-order chi connectivity index (χ0) is 14.0. The van der Waals surface area contributed by atoms with Crippen molar-refractivity contribution in [3.05, 3.63) is 52.4 Å². The van der Waals surface area contributed by atoms with Crippen LogP contribution in [0.1, 0.15) is 16.0 Å². The van der Waals surface area contributed by atoms with Gasteiger partial charge in [-0.15, -0.1) is 11.3 Å². The van der Waals surface area contributed by atoms with E-state index in [0.717, 1.165) is 16.0 Å².